The minimum Gasteiger partial charge on any atom is -0.493 e. The molecule has 0 aliphatic carbocycles. The maximum absolute atomic E-state index is 13.8. The van der Waals surface area contributed by atoms with Gasteiger partial charge in [0.15, 0.2) is 11.5 Å². The minimum atomic E-state index is 0.0226. The number of rotatable bonds is 4. The quantitative estimate of drug-likeness (QED) is 0.615. The Bertz CT molecular complexity index is 1240. The van der Waals surface area contributed by atoms with E-state index in [1.54, 1.807) is 26.6 Å². The number of aryl methyl sites for hydroxylation is 2. The van der Waals surface area contributed by atoms with Gasteiger partial charge in [-0.3, -0.25) is 19.4 Å². The Hall–Kier alpha value is -3.62. The number of methoxy groups -OCH3 is 2. The van der Waals surface area contributed by atoms with Gasteiger partial charge in [0.05, 0.1) is 20.6 Å². The predicted octanol–water partition coefficient (Wildman–Crippen LogP) is 3.18. The van der Waals surface area contributed by atoms with Crippen LogP contribution in [-0.2, 0) is 33.6 Å². The maximum Gasteiger partial charge on any atom is 0.227 e. The highest BCUT2D eigenvalue weighted by Gasteiger charge is 2.43. The summed E-state index contributed by atoms with van der Waals surface area (Å²) in [5, 5.41) is 3.06. The summed E-state index contributed by atoms with van der Waals surface area (Å²) in [6.07, 6.45) is 9.30. The zero-order chi connectivity index (χ0) is 28.8. The number of aromatic nitrogens is 1. The third kappa shape index (κ3) is 7.00. The number of hydrogen-bond donors (Lipinski definition) is 1. The highest BCUT2D eigenvalue weighted by Crippen LogP contribution is 2.37. The van der Waals surface area contributed by atoms with Crippen molar-refractivity contribution in [2.45, 2.75) is 63.8 Å². The number of benzene rings is 1. The number of hydrogen-bond acceptors (Lipinski definition) is 6. The Balaban J connectivity index is 1.34. The first-order valence-electron chi connectivity index (χ1n) is 14.9. The largest absolute Gasteiger partial charge is 0.493 e. The molecule has 2 aromatic rings. The topological polar surface area (TPSA) is 101 Å². The third-order valence-electron chi connectivity index (χ3n) is 8.81. The lowest BCUT2D eigenvalue weighted by Crippen LogP contribution is -2.60. The normalized spacial score (nSPS) is 23.8. The lowest BCUT2D eigenvalue weighted by molar-refractivity contribution is -0.145. The Morgan fingerprint density at radius 3 is 2.71 bits per heavy atom. The molecule has 0 radical (unpaired) electrons. The van der Waals surface area contributed by atoms with Crippen molar-refractivity contribution in [3.8, 4) is 11.5 Å². The number of nitrogens with one attached hydrogen (secondary N) is 1. The van der Waals surface area contributed by atoms with Gasteiger partial charge in [-0.1, -0.05) is 12.1 Å². The third-order valence-corrected chi connectivity index (χ3v) is 8.81. The fourth-order valence-corrected chi connectivity index (χ4v) is 6.89. The molecule has 2 saturated heterocycles. The van der Waals surface area contributed by atoms with Gasteiger partial charge >= 0.3 is 0 Å². The Morgan fingerprint density at radius 2 is 1.93 bits per heavy atom. The fraction of sp³-hybridized carbons (Fsp3) is 0.562. The van der Waals surface area contributed by atoms with Crippen molar-refractivity contribution in [3.63, 3.8) is 0 Å². The van der Waals surface area contributed by atoms with Crippen molar-refractivity contribution < 1.29 is 23.9 Å². The molecule has 4 heterocycles. The molecule has 1 N–H and O–H groups in total. The van der Waals surface area contributed by atoms with Crippen LogP contribution in [0.2, 0.25) is 0 Å². The van der Waals surface area contributed by atoms with Crippen LogP contribution in [0.3, 0.4) is 0 Å². The molecule has 220 valence electrons. The van der Waals surface area contributed by atoms with Gasteiger partial charge in [-0.25, -0.2) is 0 Å². The van der Waals surface area contributed by atoms with Crippen molar-refractivity contribution >= 4 is 17.7 Å². The summed E-state index contributed by atoms with van der Waals surface area (Å²) < 4.78 is 11.3. The van der Waals surface area contributed by atoms with E-state index in [1.165, 1.54) is 0 Å². The smallest absolute Gasteiger partial charge is 0.227 e. The van der Waals surface area contributed by atoms with E-state index in [2.05, 4.69) is 21.3 Å². The van der Waals surface area contributed by atoms with Gasteiger partial charge in [0.2, 0.25) is 17.7 Å². The first-order chi connectivity index (χ1) is 19.9. The fourth-order valence-electron chi connectivity index (χ4n) is 6.89. The highest BCUT2D eigenvalue weighted by molar-refractivity contribution is 5.79. The number of piperidine rings is 2. The van der Waals surface area contributed by atoms with E-state index in [4.69, 9.17) is 9.47 Å². The molecule has 0 saturated carbocycles. The van der Waals surface area contributed by atoms with Crippen LogP contribution in [0.5, 0.6) is 11.5 Å². The number of likely N-dealkylation sites (tertiary alicyclic amines) is 1. The number of carbonyl (C=O) groups is 3. The number of nitrogens with zero attached hydrogens (tertiary/aromatic N) is 3. The van der Waals surface area contributed by atoms with Crippen molar-refractivity contribution in [1.82, 2.24) is 20.1 Å². The molecular formula is C32H42N4O5. The van der Waals surface area contributed by atoms with E-state index in [0.29, 0.717) is 63.4 Å². The lowest BCUT2D eigenvalue weighted by Gasteiger charge is -2.51. The van der Waals surface area contributed by atoms with Crippen LogP contribution in [0.4, 0.5) is 0 Å². The number of ether oxygens (including phenoxy) is 2. The Morgan fingerprint density at radius 1 is 1.05 bits per heavy atom. The monoisotopic (exact) mass is 562 g/mol. The van der Waals surface area contributed by atoms with Gasteiger partial charge in [-0.15, -0.1) is 0 Å². The summed E-state index contributed by atoms with van der Waals surface area (Å²) in [4.78, 5) is 47.9. The van der Waals surface area contributed by atoms with Gasteiger partial charge in [0.1, 0.15) is 0 Å². The van der Waals surface area contributed by atoms with Crippen LogP contribution in [0.25, 0.3) is 0 Å². The van der Waals surface area contributed by atoms with Crippen LogP contribution in [0.1, 0.15) is 55.2 Å². The minimum absolute atomic E-state index is 0.0226. The van der Waals surface area contributed by atoms with Crippen molar-refractivity contribution in [1.29, 1.82) is 0 Å². The summed E-state index contributed by atoms with van der Waals surface area (Å²) in [7, 11) is 3.27. The summed E-state index contributed by atoms with van der Waals surface area (Å²) in [6.45, 7) is 2.57. The molecule has 1 aromatic carbocycles. The summed E-state index contributed by atoms with van der Waals surface area (Å²) in [5.74, 6) is 2.14. The van der Waals surface area contributed by atoms with Crippen molar-refractivity contribution in [2.75, 3.05) is 40.4 Å². The van der Waals surface area contributed by atoms with Gasteiger partial charge in [0.25, 0.3) is 0 Å². The molecule has 5 rings (SSSR count). The first-order valence-corrected chi connectivity index (χ1v) is 14.9. The predicted molar refractivity (Wildman–Crippen MR) is 155 cm³/mol. The molecule has 3 atom stereocenters. The van der Waals surface area contributed by atoms with Crippen LogP contribution < -0.4 is 14.8 Å². The van der Waals surface area contributed by atoms with Gasteiger partial charge in [-0.2, -0.15) is 0 Å². The maximum atomic E-state index is 13.8. The average molecular weight is 563 g/mol. The number of amides is 3. The second-order valence-electron chi connectivity index (χ2n) is 11.6. The summed E-state index contributed by atoms with van der Waals surface area (Å²) in [6, 6.07) is 7.89. The van der Waals surface area contributed by atoms with Gasteiger partial charge in [-0.05, 0) is 79.2 Å². The molecule has 9 nitrogen and oxygen atoms in total. The molecule has 4 bridgehead atoms. The van der Waals surface area contributed by atoms with Crippen LogP contribution in [0, 0.1) is 11.8 Å². The molecule has 2 fully saturated rings. The summed E-state index contributed by atoms with van der Waals surface area (Å²) in [5.41, 5.74) is 2.99. The highest BCUT2D eigenvalue weighted by atomic mass is 16.5. The van der Waals surface area contributed by atoms with E-state index in [-0.39, 0.29) is 35.6 Å². The van der Waals surface area contributed by atoms with Crippen LogP contribution in [-0.4, -0.2) is 78.9 Å². The first kappa shape index (κ1) is 28.9. The standard InChI is InChI=1S/C32H42N4O5/c1-40-28-16-22-10-11-30(38)36-20-24-15-26(21-35(19-24)31(39)17-23-6-4-12-33-18-23)27(36)8-3-9-29(37)34-13-5-7-25(14-22)32(28)41-2/h4,6,12,14,16,18,24,26-27H,3,5,7-11,13,15,17,19-21H2,1-2H3,(H,34,37)/t24-,26-,27-/m0/s1. The molecule has 3 aliphatic rings. The molecule has 41 heavy (non-hydrogen) atoms. The molecule has 3 aliphatic heterocycles. The van der Waals surface area contributed by atoms with E-state index < -0.39 is 0 Å². The average Bonchev–Trinajstić information content (AvgIpc) is 2.98. The summed E-state index contributed by atoms with van der Waals surface area (Å²) >= 11 is 0. The van der Waals surface area contributed by atoms with Crippen molar-refractivity contribution in [2.24, 2.45) is 11.8 Å². The second kappa shape index (κ2) is 13.4. The number of carbonyl (C=O) groups excluding carboxylic acids is 3. The number of fused-ring (bicyclic) bond motifs is 6. The molecule has 0 spiro atoms. The Labute approximate surface area is 242 Å². The van der Waals surface area contributed by atoms with Crippen LogP contribution >= 0.6 is 0 Å². The van der Waals surface area contributed by atoms with Gasteiger partial charge in [0, 0.05) is 57.5 Å². The van der Waals surface area contributed by atoms with Crippen LogP contribution in [0.15, 0.2) is 36.7 Å². The molecule has 9 heteroatoms. The van der Waals surface area contributed by atoms with E-state index in [0.717, 1.165) is 48.8 Å². The van der Waals surface area contributed by atoms with E-state index >= 15 is 0 Å². The SMILES string of the molecule is COc1cc2cc(c1OC)CCCNC(=O)CCC[C@H]1[C@H]3C[C@@H](CN(C(=O)Cc4cccnc4)C3)CN1C(=O)CC2. The Kier molecular flexibility index (Phi) is 9.42. The van der Waals surface area contributed by atoms with Crippen molar-refractivity contribution in [3.05, 3.63) is 53.3 Å². The van der Waals surface area contributed by atoms with E-state index in [9.17, 15) is 14.4 Å². The lowest BCUT2D eigenvalue weighted by atomic mass is 9.77. The zero-order valence-corrected chi connectivity index (χ0v) is 24.3. The molecular weight excluding hydrogens is 520 g/mol. The molecule has 1 aromatic heterocycles. The number of pyridine rings is 1. The molecule has 0 unspecified atom stereocenters. The second-order valence-corrected chi connectivity index (χ2v) is 11.6. The van der Waals surface area contributed by atoms with E-state index in [1.807, 2.05) is 23.1 Å². The zero-order valence-electron chi connectivity index (χ0n) is 24.3. The van der Waals surface area contributed by atoms with Gasteiger partial charge < -0.3 is 24.6 Å². The molecule has 3 amide bonds.